The van der Waals surface area contributed by atoms with E-state index in [2.05, 4.69) is 112 Å². The predicted molar refractivity (Wildman–Crippen MR) is 154 cm³/mol. The lowest BCUT2D eigenvalue weighted by Gasteiger charge is -2.34. The van der Waals surface area contributed by atoms with Gasteiger partial charge in [0, 0.05) is 13.1 Å². The molecule has 1 N–H and O–H groups in total. The monoisotopic (exact) mass is 499 g/mol. The van der Waals surface area contributed by atoms with Crippen molar-refractivity contribution in [1.29, 1.82) is 0 Å². The minimum absolute atomic E-state index is 0.0300. The van der Waals surface area contributed by atoms with Gasteiger partial charge in [-0.3, -0.25) is 0 Å². The fourth-order valence-electron chi connectivity index (χ4n) is 5.17. The maximum Gasteiger partial charge on any atom is 0.108 e. The van der Waals surface area contributed by atoms with Gasteiger partial charge in [-0.2, -0.15) is 0 Å². The van der Waals surface area contributed by atoms with Crippen LogP contribution in [0.1, 0.15) is 92.0 Å². The third-order valence-corrected chi connectivity index (χ3v) is 7.74. The second-order valence-electron chi connectivity index (χ2n) is 11.9. The minimum Gasteiger partial charge on any atom is -0.388 e. The molecule has 0 radical (unpaired) electrons. The molecule has 37 heavy (non-hydrogen) atoms. The van der Waals surface area contributed by atoms with Crippen molar-refractivity contribution in [1.82, 2.24) is 4.90 Å². The molecule has 0 aliphatic carbocycles. The Balaban J connectivity index is 1.26. The van der Waals surface area contributed by atoms with Gasteiger partial charge in [0.2, 0.25) is 0 Å². The lowest BCUT2D eigenvalue weighted by molar-refractivity contribution is -0.0274. The van der Waals surface area contributed by atoms with Crippen molar-refractivity contribution in [3.8, 4) is 0 Å². The van der Waals surface area contributed by atoms with Crippen molar-refractivity contribution in [2.75, 3.05) is 19.6 Å². The number of hydrogen-bond donors (Lipinski definition) is 1. The van der Waals surface area contributed by atoms with Gasteiger partial charge in [-0.05, 0) is 73.7 Å². The Kier molecular flexibility index (Phi) is 9.23. The van der Waals surface area contributed by atoms with Crippen molar-refractivity contribution in [3.05, 3.63) is 106 Å². The number of ether oxygens (including phenoxy) is 1. The van der Waals surface area contributed by atoms with Gasteiger partial charge in [0.15, 0.2) is 0 Å². The van der Waals surface area contributed by atoms with E-state index >= 15 is 0 Å². The van der Waals surface area contributed by atoms with Crippen LogP contribution in [0.3, 0.4) is 0 Å². The molecule has 1 fully saturated rings. The van der Waals surface area contributed by atoms with Crippen LogP contribution in [0.25, 0.3) is 0 Å². The molecule has 0 amide bonds. The summed E-state index contributed by atoms with van der Waals surface area (Å²) in [5.74, 6) is 0. The molecule has 1 heterocycles. The average molecular weight is 500 g/mol. The molecule has 0 aromatic heterocycles. The maximum absolute atomic E-state index is 10.7. The van der Waals surface area contributed by atoms with E-state index in [0.29, 0.717) is 0 Å². The molecule has 0 bridgehead atoms. The minimum atomic E-state index is -0.389. The first-order valence-electron chi connectivity index (χ1n) is 14.0. The molecular weight excluding hydrogens is 454 g/mol. The largest absolute Gasteiger partial charge is 0.388 e. The first-order valence-corrected chi connectivity index (χ1v) is 14.0. The first-order chi connectivity index (χ1) is 17.7. The Morgan fingerprint density at radius 2 is 1.27 bits per heavy atom. The van der Waals surface area contributed by atoms with Crippen molar-refractivity contribution >= 4 is 0 Å². The first kappa shape index (κ1) is 27.6. The van der Waals surface area contributed by atoms with E-state index in [-0.39, 0.29) is 23.7 Å². The molecular formula is C34H45NO2. The normalized spacial score (nSPS) is 16.3. The standard InChI is InChI=1S/C34H45NO2/c1-25-8-12-28(13-9-25)33(29-14-10-26(2)11-15-29)37-31-20-23-35(24-21-31)22-6-7-32(36)27-16-18-30(19-17-27)34(3,4)5/h8-19,31-33,36H,6-7,20-24H2,1-5H3. The average Bonchev–Trinajstić information content (AvgIpc) is 2.89. The lowest BCUT2D eigenvalue weighted by atomic mass is 9.86. The van der Waals surface area contributed by atoms with E-state index in [0.717, 1.165) is 50.9 Å². The van der Waals surface area contributed by atoms with Gasteiger partial charge in [-0.1, -0.05) is 105 Å². The number of hydrogen-bond acceptors (Lipinski definition) is 3. The Morgan fingerprint density at radius 3 is 1.76 bits per heavy atom. The number of piperidine rings is 1. The summed E-state index contributed by atoms with van der Waals surface area (Å²) >= 11 is 0. The number of likely N-dealkylation sites (tertiary alicyclic amines) is 1. The highest BCUT2D eigenvalue weighted by molar-refractivity contribution is 5.33. The van der Waals surface area contributed by atoms with Crippen LogP contribution < -0.4 is 0 Å². The Labute approximate surface area is 224 Å². The zero-order valence-corrected chi connectivity index (χ0v) is 23.4. The van der Waals surface area contributed by atoms with Crippen LogP contribution in [0, 0.1) is 13.8 Å². The lowest BCUT2D eigenvalue weighted by Crippen LogP contribution is -2.38. The molecule has 198 valence electrons. The van der Waals surface area contributed by atoms with Gasteiger partial charge < -0.3 is 14.7 Å². The molecule has 1 saturated heterocycles. The SMILES string of the molecule is Cc1ccc(C(OC2CCN(CCCC(O)c3ccc(C(C)(C)C)cc3)CC2)c2ccc(C)cc2)cc1. The van der Waals surface area contributed by atoms with Gasteiger partial charge in [-0.25, -0.2) is 0 Å². The summed E-state index contributed by atoms with van der Waals surface area (Å²) < 4.78 is 6.76. The summed E-state index contributed by atoms with van der Waals surface area (Å²) in [5, 5.41) is 10.7. The zero-order valence-electron chi connectivity index (χ0n) is 23.4. The van der Waals surface area contributed by atoms with Crippen LogP contribution in [0.5, 0.6) is 0 Å². The number of nitrogens with zero attached hydrogens (tertiary/aromatic N) is 1. The maximum atomic E-state index is 10.7. The molecule has 4 rings (SSSR count). The number of benzene rings is 3. The van der Waals surface area contributed by atoms with E-state index in [1.54, 1.807) is 0 Å². The number of aliphatic hydroxyl groups is 1. The molecule has 1 atom stereocenters. The zero-order chi connectivity index (χ0) is 26.4. The molecule has 3 aromatic rings. The molecule has 0 spiro atoms. The number of aryl methyl sites for hydroxylation is 2. The highest BCUT2D eigenvalue weighted by Crippen LogP contribution is 2.31. The molecule has 0 saturated carbocycles. The van der Waals surface area contributed by atoms with Crippen molar-refractivity contribution in [2.45, 2.75) is 84.0 Å². The van der Waals surface area contributed by atoms with E-state index in [1.807, 2.05) is 0 Å². The summed E-state index contributed by atoms with van der Waals surface area (Å²) in [6, 6.07) is 26.0. The second kappa shape index (κ2) is 12.4. The van der Waals surface area contributed by atoms with Gasteiger partial charge >= 0.3 is 0 Å². The van der Waals surface area contributed by atoms with E-state index in [4.69, 9.17) is 4.74 Å². The Bertz CT molecular complexity index is 1040. The van der Waals surface area contributed by atoms with E-state index in [9.17, 15) is 5.11 Å². The van der Waals surface area contributed by atoms with Crippen LogP contribution in [0.2, 0.25) is 0 Å². The van der Waals surface area contributed by atoms with Gasteiger partial charge in [-0.15, -0.1) is 0 Å². The molecule has 3 heteroatoms. The number of aliphatic hydroxyl groups excluding tert-OH is 1. The van der Waals surface area contributed by atoms with Crippen molar-refractivity contribution in [3.63, 3.8) is 0 Å². The molecule has 1 aliphatic heterocycles. The van der Waals surface area contributed by atoms with Crippen LogP contribution in [-0.4, -0.2) is 35.7 Å². The van der Waals surface area contributed by atoms with Gasteiger partial charge in [0.25, 0.3) is 0 Å². The van der Waals surface area contributed by atoms with Gasteiger partial charge in [0.05, 0.1) is 12.2 Å². The van der Waals surface area contributed by atoms with E-state index < -0.39 is 0 Å². The summed E-state index contributed by atoms with van der Waals surface area (Å²) in [5.41, 5.74) is 7.46. The third kappa shape index (κ3) is 7.77. The van der Waals surface area contributed by atoms with Crippen molar-refractivity contribution < 1.29 is 9.84 Å². The Hall–Kier alpha value is -2.46. The van der Waals surface area contributed by atoms with Crippen LogP contribution >= 0.6 is 0 Å². The molecule has 3 aromatic carbocycles. The molecule has 3 nitrogen and oxygen atoms in total. The van der Waals surface area contributed by atoms with Crippen molar-refractivity contribution in [2.24, 2.45) is 0 Å². The van der Waals surface area contributed by atoms with Crippen LogP contribution in [0.15, 0.2) is 72.8 Å². The second-order valence-corrected chi connectivity index (χ2v) is 11.9. The molecule has 1 aliphatic rings. The summed E-state index contributed by atoms with van der Waals surface area (Å²) in [4.78, 5) is 2.53. The van der Waals surface area contributed by atoms with Crippen LogP contribution in [0.4, 0.5) is 0 Å². The Morgan fingerprint density at radius 1 is 0.784 bits per heavy atom. The number of rotatable bonds is 9. The van der Waals surface area contributed by atoms with E-state index in [1.165, 1.54) is 27.8 Å². The highest BCUT2D eigenvalue weighted by atomic mass is 16.5. The fraction of sp³-hybridized carbons (Fsp3) is 0.471. The highest BCUT2D eigenvalue weighted by Gasteiger charge is 2.25. The summed E-state index contributed by atoms with van der Waals surface area (Å²) in [6.45, 7) is 14.0. The van der Waals surface area contributed by atoms with Gasteiger partial charge in [0.1, 0.15) is 6.10 Å². The topological polar surface area (TPSA) is 32.7 Å². The fourth-order valence-corrected chi connectivity index (χ4v) is 5.17. The summed E-state index contributed by atoms with van der Waals surface area (Å²) in [6.07, 6.45) is 3.74. The van der Waals surface area contributed by atoms with Crippen LogP contribution in [-0.2, 0) is 10.2 Å². The predicted octanol–water partition coefficient (Wildman–Crippen LogP) is 7.69. The molecule has 1 unspecified atom stereocenters. The quantitative estimate of drug-likeness (QED) is 0.328. The smallest absolute Gasteiger partial charge is 0.108 e. The third-order valence-electron chi connectivity index (χ3n) is 7.74. The summed E-state index contributed by atoms with van der Waals surface area (Å²) in [7, 11) is 0.